The monoisotopic (exact) mass is 518 g/mol. The summed E-state index contributed by atoms with van der Waals surface area (Å²) < 4.78 is 16.1. The minimum atomic E-state index is -0.906. The topological polar surface area (TPSA) is 127 Å². The zero-order valence-electron chi connectivity index (χ0n) is 21.7. The molecular weight excluding hydrogens is 488 g/mol. The van der Waals surface area contributed by atoms with Gasteiger partial charge in [-0.05, 0) is 72.5 Å². The van der Waals surface area contributed by atoms with Gasteiger partial charge >= 0.3 is 11.8 Å². The van der Waals surface area contributed by atoms with E-state index in [1.54, 1.807) is 49.6 Å². The largest absolute Gasteiger partial charge is 0.497 e. The molecule has 3 aromatic carbocycles. The van der Waals surface area contributed by atoms with Crippen molar-refractivity contribution >= 4 is 29.6 Å². The van der Waals surface area contributed by atoms with Crippen LogP contribution in [0.15, 0.2) is 65.8 Å². The number of aryl methyl sites for hydroxylation is 2. The third kappa shape index (κ3) is 8.09. The summed E-state index contributed by atoms with van der Waals surface area (Å²) in [6.45, 7) is 3.84. The fourth-order valence-electron chi connectivity index (χ4n) is 3.31. The first-order chi connectivity index (χ1) is 18.3. The van der Waals surface area contributed by atoms with Crippen molar-refractivity contribution in [3.63, 3.8) is 0 Å². The van der Waals surface area contributed by atoms with Crippen molar-refractivity contribution in [3.05, 3.63) is 82.9 Å². The highest BCUT2D eigenvalue weighted by atomic mass is 16.5. The molecule has 0 aliphatic rings. The zero-order valence-corrected chi connectivity index (χ0v) is 21.7. The van der Waals surface area contributed by atoms with Gasteiger partial charge in [0.2, 0.25) is 0 Å². The molecule has 0 saturated carbocycles. The van der Waals surface area contributed by atoms with E-state index in [1.165, 1.54) is 13.3 Å². The number of nitrogens with one attached hydrogen (secondary N) is 3. The third-order valence-corrected chi connectivity index (χ3v) is 5.41. The molecule has 38 heavy (non-hydrogen) atoms. The summed E-state index contributed by atoms with van der Waals surface area (Å²) >= 11 is 0. The molecule has 0 heterocycles. The Hall–Kier alpha value is -4.86. The van der Waals surface area contributed by atoms with Gasteiger partial charge in [0.25, 0.3) is 5.91 Å². The van der Waals surface area contributed by atoms with Gasteiger partial charge < -0.3 is 24.8 Å². The average Bonchev–Trinajstić information content (AvgIpc) is 2.93. The number of methoxy groups -OCH3 is 2. The Bertz CT molecular complexity index is 1320. The first kappa shape index (κ1) is 27.7. The van der Waals surface area contributed by atoms with Crippen molar-refractivity contribution in [3.8, 4) is 17.2 Å². The second-order valence-electron chi connectivity index (χ2n) is 8.30. The molecule has 0 radical (unpaired) electrons. The van der Waals surface area contributed by atoms with Crippen LogP contribution in [0.4, 0.5) is 5.69 Å². The minimum Gasteiger partial charge on any atom is -0.497 e. The van der Waals surface area contributed by atoms with Crippen LogP contribution in [0.3, 0.4) is 0 Å². The van der Waals surface area contributed by atoms with E-state index in [9.17, 15) is 14.4 Å². The molecule has 0 aromatic heterocycles. The maximum atomic E-state index is 12.4. The first-order valence-corrected chi connectivity index (χ1v) is 11.7. The Morgan fingerprint density at radius 2 is 1.63 bits per heavy atom. The predicted molar refractivity (Wildman–Crippen MR) is 144 cm³/mol. The second kappa shape index (κ2) is 13.4. The number of anilines is 1. The molecule has 0 spiro atoms. The van der Waals surface area contributed by atoms with Gasteiger partial charge in [-0.25, -0.2) is 5.43 Å². The summed E-state index contributed by atoms with van der Waals surface area (Å²) in [5.41, 5.74) is 6.29. The van der Waals surface area contributed by atoms with Crippen molar-refractivity contribution in [1.29, 1.82) is 0 Å². The van der Waals surface area contributed by atoms with Gasteiger partial charge in [0.05, 0.1) is 20.4 Å². The molecular formula is C28H30N4O6. The normalized spacial score (nSPS) is 10.5. The SMILES string of the molecule is COc1ccc(CNC(=O)C(=O)N/N=C\c2ccc(OCC(=O)Nc3cc(C)ccc3C)c(OC)c2)cc1. The Morgan fingerprint density at radius 3 is 2.34 bits per heavy atom. The molecule has 0 aliphatic heterocycles. The number of carbonyl (C=O) groups excluding carboxylic acids is 3. The van der Waals surface area contributed by atoms with Crippen LogP contribution in [0.1, 0.15) is 22.3 Å². The summed E-state index contributed by atoms with van der Waals surface area (Å²) in [6, 6.07) is 17.8. The Kier molecular flexibility index (Phi) is 9.81. The number of hydrazone groups is 1. The number of nitrogens with zero attached hydrogens (tertiary/aromatic N) is 1. The molecule has 0 saturated heterocycles. The number of amides is 3. The molecule has 3 aromatic rings. The number of hydrogen-bond donors (Lipinski definition) is 3. The van der Waals surface area contributed by atoms with Crippen LogP contribution >= 0.6 is 0 Å². The summed E-state index contributed by atoms with van der Waals surface area (Å²) in [7, 11) is 3.03. The number of rotatable bonds is 10. The van der Waals surface area contributed by atoms with E-state index in [4.69, 9.17) is 14.2 Å². The molecule has 0 bridgehead atoms. The van der Waals surface area contributed by atoms with E-state index in [-0.39, 0.29) is 19.1 Å². The molecule has 3 rings (SSSR count). The van der Waals surface area contributed by atoms with Crippen LogP contribution in [-0.2, 0) is 20.9 Å². The van der Waals surface area contributed by atoms with E-state index in [1.807, 2.05) is 32.0 Å². The molecule has 0 unspecified atom stereocenters. The van der Waals surface area contributed by atoms with Crippen molar-refractivity contribution in [2.75, 3.05) is 26.1 Å². The molecule has 3 N–H and O–H groups in total. The average molecular weight is 519 g/mol. The second-order valence-corrected chi connectivity index (χ2v) is 8.30. The summed E-state index contributed by atoms with van der Waals surface area (Å²) in [5.74, 6) is -0.601. The fraction of sp³-hybridized carbons (Fsp3) is 0.214. The van der Waals surface area contributed by atoms with E-state index in [0.29, 0.717) is 22.8 Å². The highest BCUT2D eigenvalue weighted by Gasteiger charge is 2.13. The Labute approximate surface area is 221 Å². The van der Waals surface area contributed by atoms with Crippen molar-refractivity contribution < 1.29 is 28.6 Å². The van der Waals surface area contributed by atoms with Crippen LogP contribution in [-0.4, -0.2) is 44.8 Å². The van der Waals surface area contributed by atoms with E-state index >= 15 is 0 Å². The highest BCUT2D eigenvalue weighted by Crippen LogP contribution is 2.27. The lowest BCUT2D eigenvalue weighted by molar-refractivity contribution is -0.139. The van der Waals surface area contributed by atoms with Gasteiger partial charge in [0.1, 0.15) is 5.75 Å². The van der Waals surface area contributed by atoms with Crippen molar-refractivity contribution in [1.82, 2.24) is 10.7 Å². The summed E-state index contributed by atoms with van der Waals surface area (Å²) in [6.07, 6.45) is 1.36. The van der Waals surface area contributed by atoms with Crippen molar-refractivity contribution in [2.45, 2.75) is 20.4 Å². The minimum absolute atomic E-state index is 0.182. The van der Waals surface area contributed by atoms with E-state index in [0.717, 1.165) is 22.4 Å². The molecule has 0 aliphatic carbocycles. The quantitative estimate of drug-likeness (QED) is 0.215. The summed E-state index contributed by atoms with van der Waals surface area (Å²) in [5, 5.41) is 9.18. The van der Waals surface area contributed by atoms with Crippen molar-refractivity contribution in [2.24, 2.45) is 5.10 Å². The molecule has 0 fully saturated rings. The van der Waals surface area contributed by atoms with E-state index in [2.05, 4.69) is 21.2 Å². The molecule has 3 amide bonds. The smallest absolute Gasteiger partial charge is 0.329 e. The standard InChI is InChI=1S/C28H30N4O6/c1-18-5-6-19(2)23(13-18)31-26(33)17-38-24-12-9-21(14-25(24)37-4)16-30-32-28(35)27(34)29-15-20-7-10-22(36-3)11-8-20/h5-14,16H,15,17H2,1-4H3,(H,29,34)(H,31,33)(H,32,35)/b30-16-. The molecule has 0 atom stereocenters. The number of carbonyl (C=O) groups is 3. The van der Waals surface area contributed by atoms with Gasteiger partial charge in [-0.2, -0.15) is 5.10 Å². The first-order valence-electron chi connectivity index (χ1n) is 11.7. The number of benzene rings is 3. The van der Waals surface area contributed by atoms with Crippen LogP contribution in [0, 0.1) is 13.8 Å². The lowest BCUT2D eigenvalue weighted by Crippen LogP contribution is -2.37. The van der Waals surface area contributed by atoms with Gasteiger partial charge in [0.15, 0.2) is 18.1 Å². The number of hydrogen-bond acceptors (Lipinski definition) is 7. The third-order valence-electron chi connectivity index (χ3n) is 5.41. The van der Waals surface area contributed by atoms with Gasteiger partial charge in [-0.3, -0.25) is 14.4 Å². The maximum Gasteiger partial charge on any atom is 0.329 e. The predicted octanol–water partition coefficient (Wildman–Crippen LogP) is 3.10. The molecule has 10 heteroatoms. The van der Waals surface area contributed by atoms with Gasteiger partial charge in [0, 0.05) is 12.2 Å². The van der Waals surface area contributed by atoms with E-state index < -0.39 is 11.8 Å². The fourth-order valence-corrected chi connectivity index (χ4v) is 3.31. The maximum absolute atomic E-state index is 12.4. The molecule has 10 nitrogen and oxygen atoms in total. The highest BCUT2D eigenvalue weighted by molar-refractivity contribution is 6.35. The van der Waals surface area contributed by atoms with Crippen LogP contribution in [0.25, 0.3) is 0 Å². The lowest BCUT2D eigenvalue weighted by Gasteiger charge is -2.12. The van der Waals surface area contributed by atoms with Crippen LogP contribution in [0.2, 0.25) is 0 Å². The Morgan fingerprint density at radius 1 is 0.868 bits per heavy atom. The molecule has 198 valence electrons. The number of ether oxygens (including phenoxy) is 3. The van der Waals surface area contributed by atoms with Crippen LogP contribution in [0.5, 0.6) is 17.2 Å². The lowest BCUT2D eigenvalue weighted by atomic mass is 10.1. The van der Waals surface area contributed by atoms with Crippen LogP contribution < -0.4 is 30.3 Å². The van der Waals surface area contributed by atoms with Gasteiger partial charge in [-0.1, -0.05) is 24.3 Å². The Balaban J connectivity index is 1.49. The summed E-state index contributed by atoms with van der Waals surface area (Å²) in [4.78, 5) is 36.4. The zero-order chi connectivity index (χ0) is 27.5. The van der Waals surface area contributed by atoms with Gasteiger partial charge in [-0.15, -0.1) is 0 Å².